The zero-order valence-corrected chi connectivity index (χ0v) is 39.2. The summed E-state index contributed by atoms with van der Waals surface area (Å²) in [6.07, 6.45) is 0. The zero-order chi connectivity index (χ0) is 45.9. The van der Waals surface area contributed by atoms with Crippen molar-refractivity contribution < 1.29 is 4.42 Å². The van der Waals surface area contributed by atoms with Crippen molar-refractivity contribution in [1.82, 2.24) is 0 Å². The van der Waals surface area contributed by atoms with E-state index in [0.717, 1.165) is 21.9 Å². The van der Waals surface area contributed by atoms with Gasteiger partial charge in [0.05, 0.1) is 0 Å². The van der Waals surface area contributed by atoms with Crippen LogP contribution >= 0.6 is 0 Å². The fraction of sp³-hybridized carbons (Fsp3) is 0. The summed E-state index contributed by atoms with van der Waals surface area (Å²) in [5.74, 6) is 0. The van der Waals surface area contributed by atoms with E-state index in [4.69, 9.17) is 4.42 Å². The van der Waals surface area contributed by atoms with E-state index >= 15 is 0 Å². The fourth-order valence-electron chi connectivity index (χ4n) is 12.6. The Labute approximate surface area is 406 Å². The molecule has 324 valence electrons. The van der Waals surface area contributed by atoms with E-state index in [-0.39, 0.29) is 0 Å². The number of hydrogen-bond acceptors (Lipinski definition) is 1. The number of furan rings is 1. The predicted octanol–water partition coefficient (Wildman–Crippen LogP) is 15.7. The Morgan fingerprint density at radius 2 is 0.629 bits per heavy atom. The van der Waals surface area contributed by atoms with E-state index in [0.29, 0.717) is 0 Å². The second-order valence-electron chi connectivity index (χ2n) is 19.0. The maximum Gasteiger partial charge on any atom is 0.180 e. The maximum absolute atomic E-state index is 6.32. The number of rotatable bonds is 5. The smallest absolute Gasteiger partial charge is 0.180 e. The number of hydrogen-bond donors (Lipinski definition) is 0. The third-order valence-electron chi connectivity index (χ3n) is 15.5. The van der Waals surface area contributed by atoms with E-state index in [1.807, 2.05) is 6.07 Å². The molecule has 0 N–H and O–H groups in total. The van der Waals surface area contributed by atoms with Gasteiger partial charge in [-0.3, -0.25) is 0 Å². The lowest BCUT2D eigenvalue weighted by molar-refractivity contribution is 0.669. The minimum Gasteiger partial charge on any atom is -0.456 e. The van der Waals surface area contributed by atoms with Crippen LogP contribution in [0.25, 0.3) is 120 Å². The molecule has 1 nitrogen and oxygen atoms in total. The molecule has 2 heterocycles. The van der Waals surface area contributed by atoms with Crippen molar-refractivity contribution in [2.45, 2.75) is 0 Å². The van der Waals surface area contributed by atoms with Crippen LogP contribution in [0.15, 0.2) is 259 Å². The summed E-state index contributed by atoms with van der Waals surface area (Å²) in [6.45, 7) is 0. The van der Waals surface area contributed by atoms with Gasteiger partial charge in [-0.1, -0.05) is 224 Å². The normalized spacial score (nSPS) is 13.0. The van der Waals surface area contributed by atoms with Crippen LogP contribution in [0.4, 0.5) is 0 Å². The molecular weight excluding hydrogens is 861 g/mol. The molecular formula is C68H42OSi. The van der Waals surface area contributed by atoms with Crippen molar-refractivity contribution in [3.63, 3.8) is 0 Å². The first-order chi connectivity index (χ1) is 34.7. The first-order valence-corrected chi connectivity index (χ1v) is 26.3. The van der Waals surface area contributed by atoms with Crippen LogP contribution in [0.2, 0.25) is 0 Å². The molecule has 1 aromatic heterocycles. The largest absolute Gasteiger partial charge is 0.456 e. The highest BCUT2D eigenvalue weighted by Crippen LogP contribution is 2.51. The van der Waals surface area contributed by atoms with Gasteiger partial charge >= 0.3 is 0 Å². The second kappa shape index (κ2) is 15.1. The molecule has 0 saturated carbocycles. The van der Waals surface area contributed by atoms with Gasteiger partial charge in [0.25, 0.3) is 0 Å². The summed E-state index contributed by atoms with van der Waals surface area (Å²) in [7, 11) is -2.74. The first-order valence-electron chi connectivity index (χ1n) is 24.3. The van der Waals surface area contributed by atoms with E-state index in [1.165, 1.54) is 119 Å². The van der Waals surface area contributed by atoms with Crippen LogP contribution < -0.4 is 20.7 Å². The van der Waals surface area contributed by atoms with E-state index < -0.39 is 8.07 Å². The summed E-state index contributed by atoms with van der Waals surface area (Å²) in [4.78, 5) is 0. The minimum absolute atomic E-state index is 0.906. The van der Waals surface area contributed by atoms with Crippen LogP contribution in [0.3, 0.4) is 0 Å². The lowest BCUT2D eigenvalue weighted by Gasteiger charge is -2.31. The molecule has 0 radical (unpaired) electrons. The summed E-state index contributed by atoms with van der Waals surface area (Å²) in [5, 5.41) is 20.5. The molecule has 0 atom stereocenters. The van der Waals surface area contributed by atoms with Crippen molar-refractivity contribution in [3.8, 4) is 44.5 Å². The van der Waals surface area contributed by atoms with Gasteiger partial charge < -0.3 is 4.42 Å². The van der Waals surface area contributed by atoms with Crippen molar-refractivity contribution >= 4 is 105 Å². The molecule has 0 amide bonds. The highest BCUT2D eigenvalue weighted by Gasteiger charge is 2.49. The van der Waals surface area contributed by atoms with Crippen molar-refractivity contribution in [2.24, 2.45) is 0 Å². The Morgan fingerprint density at radius 3 is 1.16 bits per heavy atom. The molecule has 13 aromatic carbocycles. The van der Waals surface area contributed by atoms with Gasteiger partial charge in [-0.2, -0.15) is 0 Å². The molecule has 0 aliphatic carbocycles. The van der Waals surface area contributed by atoms with Crippen LogP contribution in [-0.2, 0) is 0 Å². The van der Waals surface area contributed by atoms with Gasteiger partial charge in [-0.25, -0.2) is 0 Å². The molecule has 0 unspecified atom stereocenters. The highest BCUT2D eigenvalue weighted by atomic mass is 28.3. The molecule has 0 fully saturated rings. The Kier molecular flexibility index (Phi) is 8.45. The summed E-state index contributed by atoms with van der Waals surface area (Å²) >= 11 is 0. The number of para-hydroxylation sites is 1. The maximum atomic E-state index is 6.32. The summed E-state index contributed by atoms with van der Waals surface area (Å²) < 4.78 is 6.32. The second-order valence-corrected chi connectivity index (χ2v) is 22.7. The minimum atomic E-state index is -2.74. The molecule has 70 heavy (non-hydrogen) atoms. The van der Waals surface area contributed by atoms with Gasteiger partial charge in [0.15, 0.2) is 8.07 Å². The predicted molar refractivity (Wildman–Crippen MR) is 300 cm³/mol. The van der Waals surface area contributed by atoms with Crippen LogP contribution in [0, 0.1) is 0 Å². The average molecular weight is 903 g/mol. The van der Waals surface area contributed by atoms with Crippen molar-refractivity contribution in [2.75, 3.05) is 0 Å². The average Bonchev–Trinajstić information content (AvgIpc) is 3.94. The van der Waals surface area contributed by atoms with E-state index in [9.17, 15) is 0 Å². The van der Waals surface area contributed by atoms with E-state index in [2.05, 4.69) is 249 Å². The molecule has 14 aromatic rings. The number of fused-ring (bicyclic) bond motifs is 11. The Morgan fingerprint density at radius 1 is 0.243 bits per heavy atom. The SMILES string of the molecule is c1ccc([Si]2(c3ccccc3)c3ccc(-c4c5ccccc5c(-c5c6ccccc6c(-c6ccc7oc8ccccc8c7c6)c6ccccc56)c5ccccc45)cc3-c3cc4ccccc4cc32)cc1. The molecule has 1 aliphatic rings. The lowest BCUT2D eigenvalue weighted by atomic mass is 9.81. The Hall–Kier alpha value is -8.82. The van der Waals surface area contributed by atoms with Crippen molar-refractivity contribution in [3.05, 3.63) is 255 Å². The molecule has 0 bridgehead atoms. The summed E-state index contributed by atoms with van der Waals surface area (Å²) in [6, 6.07) is 95.5. The molecule has 15 rings (SSSR count). The standard InChI is InChI=1S/C68H42OSi/c1-3-21-47(22-4-1)70(48-23-5-2-6-24-48)63-38-36-46(41-59(63)60-39-43-19-7-8-20-44(43)42-64(60)70)66-52-28-11-15-32-56(52)68(57-33-16-12-29-53(57)66)67-54-30-13-9-26-50(54)65(51-27-10-14-31-55(51)67)45-35-37-62-58(40-45)49-25-17-18-34-61(49)69-62/h1-42H. The fourth-order valence-corrected chi connectivity index (χ4v) is 17.8. The topological polar surface area (TPSA) is 13.1 Å². The van der Waals surface area contributed by atoms with Gasteiger partial charge in [0, 0.05) is 10.8 Å². The van der Waals surface area contributed by atoms with Gasteiger partial charge in [-0.05, 0) is 149 Å². The molecule has 0 saturated heterocycles. The van der Waals surface area contributed by atoms with Gasteiger partial charge in [0.1, 0.15) is 11.2 Å². The van der Waals surface area contributed by atoms with Crippen molar-refractivity contribution in [1.29, 1.82) is 0 Å². The molecule has 2 heteroatoms. The Bertz CT molecular complexity index is 4320. The highest BCUT2D eigenvalue weighted by molar-refractivity contribution is 7.22. The molecule has 1 aliphatic heterocycles. The summed E-state index contributed by atoms with van der Waals surface area (Å²) in [5.41, 5.74) is 12.0. The quantitative estimate of drug-likeness (QED) is 0.124. The van der Waals surface area contributed by atoms with Gasteiger partial charge in [0.2, 0.25) is 0 Å². The lowest BCUT2D eigenvalue weighted by Crippen LogP contribution is -2.72. The third kappa shape index (κ3) is 5.48. The third-order valence-corrected chi connectivity index (χ3v) is 20.3. The Balaban J connectivity index is 1.01. The van der Waals surface area contributed by atoms with Crippen LogP contribution in [-0.4, -0.2) is 8.07 Å². The number of benzene rings is 13. The molecule has 0 spiro atoms. The zero-order valence-electron chi connectivity index (χ0n) is 38.2. The van der Waals surface area contributed by atoms with Crippen LogP contribution in [0.1, 0.15) is 0 Å². The monoisotopic (exact) mass is 902 g/mol. The first kappa shape index (κ1) is 39.2. The van der Waals surface area contributed by atoms with Crippen LogP contribution in [0.5, 0.6) is 0 Å². The van der Waals surface area contributed by atoms with Gasteiger partial charge in [-0.15, -0.1) is 0 Å². The van der Waals surface area contributed by atoms with E-state index in [1.54, 1.807) is 0 Å².